The third-order valence-corrected chi connectivity index (χ3v) is 5.17. The summed E-state index contributed by atoms with van der Waals surface area (Å²) in [5.41, 5.74) is 2.56. The van der Waals surface area contributed by atoms with Crippen LogP contribution in [0.3, 0.4) is 0 Å². The van der Waals surface area contributed by atoms with Crippen molar-refractivity contribution in [2.24, 2.45) is 0 Å². The summed E-state index contributed by atoms with van der Waals surface area (Å²) in [5, 5.41) is 0. The van der Waals surface area contributed by atoms with Crippen LogP contribution in [0, 0.1) is 6.92 Å². The Bertz CT molecular complexity index is 984. The number of rotatable bonds is 5. The second kappa shape index (κ2) is 8.58. The second-order valence-corrected chi connectivity index (χ2v) is 7.76. The zero-order chi connectivity index (χ0) is 20.3. The zero-order valence-electron chi connectivity index (χ0n) is 15.7. The SMILES string of the molecule is CCOc1cc(/C=C2\SC(=S)N(c3cccc(C)c3)C2=O)ccc1OC(C)=O. The minimum atomic E-state index is -0.423. The Morgan fingerprint density at radius 2 is 2.00 bits per heavy atom. The van der Waals surface area contributed by atoms with Crippen molar-refractivity contribution in [2.45, 2.75) is 20.8 Å². The summed E-state index contributed by atoms with van der Waals surface area (Å²) in [5.74, 6) is 0.203. The lowest BCUT2D eigenvalue weighted by Gasteiger charge is -2.14. The maximum atomic E-state index is 12.9. The van der Waals surface area contributed by atoms with Gasteiger partial charge < -0.3 is 9.47 Å². The first-order valence-corrected chi connectivity index (χ1v) is 9.91. The van der Waals surface area contributed by atoms with E-state index in [4.69, 9.17) is 21.7 Å². The predicted molar refractivity (Wildman–Crippen MR) is 116 cm³/mol. The molecule has 1 amide bonds. The molecule has 2 aromatic rings. The molecule has 0 unspecified atom stereocenters. The molecule has 3 rings (SSSR count). The Morgan fingerprint density at radius 3 is 2.68 bits per heavy atom. The quantitative estimate of drug-likeness (QED) is 0.306. The number of carbonyl (C=O) groups excluding carboxylic acids is 2. The third kappa shape index (κ3) is 4.43. The van der Waals surface area contributed by atoms with E-state index in [1.807, 2.05) is 38.1 Å². The maximum absolute atomic E-state index is 12.9. The van der Waals surface area contributed by atoms with E-state index in [0.717, 1.165) is 16.8 Å². The molecular formula is C21H19NO4S2. The Labute approximate surface area is 173 Å². The predicted octanol–water partition coefficient (Wildman–Crippen LogP) is 4.72. The number of hydrogen-bond donors (Lipinski definition) is 0. The summed E-state index contributed by atoms with van der Waals surface area (Å²) < 4.78 is 11.2. The number of hydrogen-bond acceptors (Lipinski definition) is 6. The van der Waals surface area contributed by atoms with Crippen LogP contribution in [-0.4, -0.2) is 22.8 Å². The lowest BCUT2D eigenvalue weighted by Crippen LogP contribution is -2.27. The van der Waals surface area contributed by atoms with E-state index in [1.54, 1.807) is 24.3 Å². The minimum Gasteiger partial charge on any atom is -0.490 e. The van der Waals surface area contributed by atoms with Crippen LogP contribution in [-0.2, 0) is 9.59 Å². The van der Waals surface area contributed by atoms with Gasteiger partial charge in [-0.15, -0.1) is 0 Å². The van der Waals surface area contributed by atoms with E-state index in [-0.39, 0.29) is 5.91 Å². The summed E-state index contributed by atoms with van der Waals surface area (Å²) in [7, 11) is 0. The van der Waals surface area contributed by atoms with Gasteiger partial charge in [0.25, 0.3) is 5.91 Å². The van der Waals surface area contributed by atoms with Crippen molar-refractivity contribution < 1.29 is 19.1 Å². The number of nitrogens with zero attached hydrogens (tertiary/aromatic N) is 1. The van der Waals surface area contributed by atoms with Crippen LogP contribution in [0.5, 0.6) is 11.5 Å². The molecule has 0 aliphatic carbocycles. The van der Waals surface area contributed by atoms with Gasteiger partial charge in [-0.25, -0.2) is 0 Å². The topological polar surface area (TPSA) is 55.8 Å². The summed E-state index contributed by atoms with van der Waals surface area (Å²) >= 11 is 6.67. The van der Waals surface area contributed by atoms with Gasteiger partial charge in [-0.05, 0) is 55.3 Å². The number of carbonyl (C=O) groups is 2. The van der Waals surface area contributed by atoms with Gasteiger partial charge in [0.15, 0.2) is 15.8 Å². The molecule has 1 aliphatic rings. The summed E-state index contributed by atoms with van der Waals surface area (Å²) in [6.45, 7) is 5.57. The van der Waals surface area contributed by atoms with Crippen molar-refractivity contribution in [3.05, 3.63) is 58.5 Å². The number of benzene rings is 2. The van der Waals surface area contributed by atoms with Crippen LogP contribution < -0.4 is 14.4 Å². The number of esters is 1. The Kier molecular flexibility index (Phi) is 6.16. The van der Waals surface area contributed by atoms with E-state index in [9.17, 15) is 9.59 Å². The van der Waals surface area contributed by atoms with Gasteiger partial charge in [0.05, 0.1) is 17.2 Å². The van der Waals surface area contributed by atoms with Crippen molar-refractivity contribution >= 4 is 51.9 Å². The van der Waals surface area contributed by atoms with Crippen molar-refractivity contribution in [2.75, 3.05) is 11.5 Å². The first kappa shape index (κ1) is 20.1. The maximum Gasteiger partial charge on any atom is 0.308 e. The average molecular weight is 414 g/mol. The van der Waals surface area contributed by atoms with Gasteiger partial charge in [-0.1, -0.05) is 42.2 Å². The van der Waals surface area contributed by atoms with Gasteiger partial charge in [0.1, 0.15) is 0 Å². The monoisotopic (exact) mass is 413 g/mol. The number of anilines is 1. The van der Waals surface area contributed by atoms with Crippen LogP contribution in [0.25, 0.3) is 6.08 Å². The standard InChI is InChI=1S/C21H19NO4S2/c1-4-25-18-11-15(8-9-17(18)26-14(3)23)12-19-20(24)22(21(27)28-19)16-7-5-6-13(2)10-16/h5-12H,4H2,1-3H3/b19-12-. The van der Waals surface area contributed by atoms with Crippen molar-refractivity contribution in [1.29, 1.82) is 0 Å². The van der Waals surface area contributed by atoms with E-state index in [1.165, 1.54) is 23.6 Å². The molecular weight excluding hydrogens is 394 g/mol. The van der Waals surface area contributed by atoms with Gasteiger partial charge in [-0.3, -0.25) is 14.5 Å². The number of thiocarbonyl (C=S) groups is 1. The molecule has 1 aliphatic heterocycles. The van der Waals surface area contributed by atoms with E-state index in [2.05, 4.69) is 0 Å². The fourth-order valence-corrected chi connectivity index (χ4v) is 4.03. The normalized spacial score (nSPS) is 15.2. The second-order valence-electron chi connectivity index (χ2n) is 6.09. The van der Waals surface area contributed by atoms with Gasteiger partial charge in [0.2, 0.25) is 0 Å². The molecule has 144 valence electrons. The first-order valence-electron chi connectivity index (χ1n) is 8.69. The van der Waals surface area contributed by atoms with Gasteiger partial charge >= 0.3 is 5.97 Å². The number of aryl methyl sites for hydroxylation is 1. The van der Waals surface area contributed by atoms with Crippen molar-refractivity contribution in [3.8, 4) is 11.5 Å². The average Bonchev–Trinajstić information content (AvgIpc) is 2.90. The van der Waals surface area contributed by atoms with E-state index < -0.39 is 5.97 Å². The summed E-state index contributed by atoms with van der Waals surface area (Å²) in [6, 6.07) is 12.8. The van der Waals surface area contributed by atoms with E-state index in [0.29, 0.717) is 27.3 Å². The fraction of sp³-hybridized carbons (Fsp3) is 0.190. The molecule has 0 saturated carbocycles. The van der Waals surface area contributed by atoms with E-state index >= 15 is 0 Å². The number of thioether (sulfide) groups is 1. The van der Waals surface area contributed by atoms with Crippen LogP contribution >= 0.6 is 24.0 Å². The zero-order valence-corrected chi connectivity index (χ0v) is 17.4. The van der Waals surface area contributed by atoms with Crippen LogP contribution in [0.2, 0.25) is 0 Å². The smallest absolute Gasteiger partial charge is 0.308 e. The highest BCUT2D eigenvalue weighted by Gasteiger charge is 2.33. The molecule has 1 heterocycles. The third-order valence-electron chi connectivity index (χ3n) is 3.87. The minimum absolute atomic E-state index is 0.164. The van der Waals surface area contributed by atoms with Crippen LogP contribution in [0.1, 0.15) is 25.0 Å². The first-order chi connectivity index (χ1) is 13.4. The highest BCUT2D eigenvalue weighted by atomic mass is 32.2. The number of ether oxygens (including phenoxy) is 2. The molecule has 28 heavy (non-hydrogen) atoms. The van der Waals surface area contributed by atoms with Gasteiger partial charge in [-0.2, -0.15) is 0 Å². The molecule has 0 bridgehead atoms. The Hall–Kier alpha value is -2.64. The molecule has 1 fully saturated rings. The summed E-state index contributed by atoms with van der Waals surface area (Å²) in [6.07, 6.45) is 1.76. The number of amides is 1. The summed E-state index contributed by atoms with van der Waals surface area (Å²) in [4.78, 5) is 26.2. The highest BCUT2D eigenvalue weighted by molar-refractivity contribution is 8.27. The molecule has 2 aromatic carbocycles. The molecule has 0 spiro atoms. The van der Waals surface area contributed by atoms with Crippen LogP contribution in [0.15, 0.2) is 47.4 Å². The van der Waals surface area contributed by atoms with Gasteiger partial charge in [0, 0.05) is 6.92 Å². The molecule has 0 atom stereocenters. The highest BCUT2D eigenvalue weighted by Crippen LogP contribution is 2.37. The lowest BCUT2D eigenvalue weighted by molar-refractivity contribution is -0.132. The fourth-order valence-electron chi connectivity index (χ4n) is 2.73. The van der Waals surface area contributed by atoms with Crippen molar-refractivity contribution in [1.82, 2.24) is 0 Å². The molecule has 5 nitrogen and oxygen atoms in total. The van der Waals surface area contributed by atoms with Crippen LogP contribution in [0.4, 0.5) is 5.69 Å². The Balaban J connectivity index is 1.91. The molecule has 0 radical (unpaired) electrons. The molecule has 1 saturated heterocycles. The lowest BCUT2D eigenvalue weighted by atomic mass is 10.1. The molecule has 0 aromatic heterocycles. The molecule has 0 N–H and O–H groups in total. The molecule has 7 heteroatoms. The largest absolute Gasteiger partial charge is 0.490 e. The van der Waals surface area contributed by atoms with Crippen molar-refractivity contribution in [3.63, 3.8) is 0 Å². The Morgan fingerprint density at radius 1 is 1.21 bits per heavy atom.